The molecule has 0 bridgehead atoms. The van der Waals surface area contributed by atoms with Crippen molar-refractivity contribution >= 4 is 0 Å². The minimum Gasteiger partial charge on any atom is -0.264 e. The Morgan fingerprint density at radius 3 is 2.25 bits per heavy atom. The van der Waals surface area contributed by atoms with Gasteiger partial charge < -0.3 is 0 Å². The molecule has 1 aromatic rings. The fourth-order valence-corrected chi connectivity index (χ4v) is 1.39. The van der Waals surface area contributed by atoms with Gasteiger partial charge in [0.15, 0.2) is 0 Å². The lowest BCUT2D eigenvalue weighted by molar-refractivity contribution is 0.346. The summed E-state index contributed by atoms with van der Waals surface area (Å²) in [5.74, 6) is 0. The van der Waals surface area contributed by atoms with Gasteiger partial charge in [0.25, 0.3) is 0 Å². The topological polar surface area (TPSA) is 17.8 Å². The summed E-state index contributed by atoms with van der Waals surface area (Å²) in [6, 6.07) is 2.16. The van der Waals surface area contributed by atoms with E-state index in [9.17, 15) is 0 Å². The highest BCUT2D eigenvalue weighted by Crippen LogP contribution is 2.16. The van der Waals surface area contributed by atoms with E-state index in [2.05, 4.69) is 50.5 Å². The monoisotopic (exact) mass is 166 g/mol. The van der Waals surface area contributed by atoms with Crippen molar-refractivity contribution in [2.45, 2.75) is 46.6 Å². The maximum atomic E-state index is 4.52. The van der Waals surface area contributed by atoms with E-state index in [1.807, 2.05) is 0 Å². The van der Waals surface area contributed by atoms with Crippen LogP contribution in [0.1, 0.15) is 39.1 Å². The van der Waals surface area contributed by atoms with Gasteiger partial charge in [-0.25, -0.2) is 0 Å². The van der Waals surface area contributed by atoms with E-state index >= 15 is 0 Å². The Labute approximate surface area is 74.6 Å². The normalized spacial score (nSPS) is 12.1. The molecule has 0 aliphatic carbocycles. The second kappa shape index (κ2) is 2.92. The fourth-order valence-electron chi connectivity index (χ4n) is 1.39. The van der Waals surface area contributed by atoms with E-state index in [4.69, 9.17) is 0 Å². The Kier molecular flexibility index (Phi) is 2.27. The first-order chi connectivity index (χ1) is 5.45. The third kappa shape index (κ3) is 1.68. The van der Waals surface area contributed by atoms with Crippen LogP contribution in [0.25, 0.3) is 0 Å². The number of rotatable bonds is 1. The predicted molar refractivity (Wildman–Crippen MR) is 51.3 cm³/mol. The summed E-state index contributed by atoms with van der Waals surface area (Å²) >= 11 is 0. The van der Waals surface area contributed by atoms with E-state index in [1.54, 1.807) is 0 Å². The van der Waals surface area contributed by atoms with Gasteiger partial charge in [0, 0.05) is 5.69 Å². The minimum atomic E-state index is 0.109. The first-order valence-corrected chi connectivity index (χ1v) is 4.51. The van der Waals surface area contributed by atoms with Gasteiger partial charge >= 0.3 is 0 Å². The van der Waals surface area contributed by atoms with Crippen molar-refractivity contribution in [3.63, 3.8) is 0 Å². The second-order valence-corrected chi connectivity index (χ2v) is 4.21. The quantitative estimate of drug-likeness (QED) is 0.626. The Bertz CT molecular complexity index is 266. The molecule has 2 nitrogen and oxygen atoms in total. The summed E-state index contributed by atoms with van der Waals surface area (Å²) in [4.78, 5) is 0. The molecule has 0 radical (unpaired) electrons. The van der Waals surface area contributed by atoms with Gasteiger partial charge in [0.05, 0.1) is 11.2 Å². The molecule has 0 fully saturated rings. The molecule has 0 saturated heterocycles. The van der Waals surface area contributed by atoms with Crippen LogP contribution in [0.2, 0.25) is 0 Å². The average Bonchev–Trinajstić information content (AvgIpc) is 2.29. The fraction of sp³-hybridized carbons (Fsp3) is 0.700. The van der Waals surface area contributed by atoms with Crippen molar-refractivity contribution in [3.8, 4) is 0 Å². The molecular weight excluding hydrogens is 148 g/mol. The summed E-state index contributed by atoms with van der Waals surface area (Å²) in [6.45, 7) is 10.8. The zero-order valence-electron chi connectivity index (χ0n) is 8.68. The highest BCUT2D eigenvalue weighted by Gasteiger charge is 2.16. The zero-order valence-corrected chi connectivity index (χ0v) is 8.68. The molecule has 68 valence electrons. The van der Waals surface area contributed by atoms with E-state index < -0.39 is 0 Å². The van der Waals surface area contributed by atoms with Crippen molar-refractivity contribution in [1.82, 2.24) is 9.78 Å². The summed E-state index contributed by atoms with van der Waals surface area (Å²) in [6.07, 6.45) is 1.02. The van der Waals surface area contributed by atoms with E-state index in [0.717, 1.165) is 6.42 Å². The molecule has 0 aromatic carbocycles. The van der Waals surface area contributed by atoms with Crippen LogP contribution in [-0.2, 0) is 12.0 Å². The van der Waals surface area contributed by atoms with Crippen molar-refractivity contribution in [2.75, 3.05) is 0 Å². The molecule has 1 aromatic heterocycles. The van der Waals surface area contributed by atoms with Crippen LogP contribution >= 0.6 is 0 Å². The minimum absolute atomic E-state index is 0.109. The Morgan fingerprint density at radius 1 is 1.42 bits per heavy atom. The van der Waals surface area contributed by atoms with Crippen LogP contribution < -0.4 is 0 Å². The summed E-state index contributed by atoms with van der Waals surface area (Å²) in [5.41, 5.74) is 2.54. The molecule has 0 N–H and O–H groups in total. The van der Waals surface area contributed by atoms with Gasteiger partial charge in [-0.2, -0.15) is 5.10 Å². The lowest BCUT2D eigenvalue weighted by atomic mass is 10.1. The predicted octanol–water partition coefficient (Wildman–Crippen LogP) is 2.51. The van der Waals surface area contributed by atoms with Gasteiger partial charge in [-0.1, -0.05) is 6.92 Å². The van der Waals surface area contributed by atoms with Crippen molar-refractivity contribution < 1.29 is 0 Å². The van der Waals surface area contributed by atoms with Crippen LogP contribution in [-0.4, -0.2) is 9.78 Å². The van der Waals surface area contributed by atoms with Gasteiger partial charge in [-0.05, 0) is 40.2 Å². The summed E-state index contributed by atoms with van der Waals surface area (Å²) in [7, 11) is 0. The lowest BCUT2D eigenvalue weighted by Gasteiger charge is -2.21. The number of hydrogen-bond acceptors (Lipinski definition) is 1. The molecule has 0 aliphatic heterocycles. The van der Waals surface area contributed by atoms with Crippen LogP contribution in [0.15, 0.2) is 6.07 Å². The molecule has 0 spiro atoms. The van der Waals surface area contributed by atoms with Crippen LogP contribution in [0, 0.1) is 6.92 Å². The van der Waals surface area contributed by atoms with Crippen LogP contribution in [0.5, 0.6) is 0 Å². The van der Waals surface area contributed by atoms with E-state index in [-0.39, 0.29) is 5.54 Å². The SMILES string of the molecule is CCc1cc(C)n(C(C)(C)C)n1. The highest BCUT2D eigenvalue weighted by atomic mass is 15.3. The number of hydrogen-bond donors (Lipinski definition) is 0. The number of nitrogens with zero attached hydrogens (tertiary/aromatic N) is 2. The molecule has 1 heterocycles. The third-order valence-electron chi connectivity index (χ3n) is 1.94. The molecule has 0 atom stereocenters. The second-order valence-electron chi connectivity index (χ2n) is 4.21. The molecule has 0 unspecified atom stereocenters. The smallest absolute Gasteiger partial charge is 0.0624 e. The third-order valence-corrected chi connectivity index (χ3v) is 1.94. The van der Waals surface area contributed by atoms with E-state index in [0.29, 0.717) is 0 Å². The zero-order chi connectivity index (χ0) is 9.35. The van der Waals surface area contributed by atoms with Gasteiger partial charge in [-0.3, -0.25) is 4.68 Å². The average molecular weight is 166 g/mol. The lowest BCUT2D eigenvalue weighted by Crippen LogP contribution is -2.24. The maximum absolute atomic E-state index is 4.52. The molecule has 1 rings (SSSR count). The first-order valence-electron chi connectivity index (χ1n) is 4.51. The van der Waals surface area contributed by atoms with Crippen LogP contribution in [0.3, 0.4) is 0 Å². The van der Waals surface area contributed by atoms with Crippen molar-refractivity contribution in [2.24, 2.45) is 0 Å². The molecule has 12 heavy (non-hydrogen) atoms. The Balaban J connectivity index is 3.08. The summed E-state index contributed by atoms with van der Waals surface area (Å²) in [5, 5.41) is 4.52. The molecule has 2 heteroatoms. The maximum Gasteiger partial charge on any atom is 0.0624 e. The van der Waals surface area contributed by atoms with Crippen molar-refractivity contribution in [3.05, 3.63) is 17.5 Å². The highest BCUT2D eigenvalue weighted by molar-refractivity contribution is 5.10. The molecule has 0 amide bonds. The molecule has 0 aliphatic rings. The van der Waals surface area contributed by atoms with Gasteiger partial charge in [-0.15, -0.1) is 0 Å². The van der Waals surface area contributed by atoms with E-state index in [1.165, 1.54) is 11.4 Å². The van der Waals surface area contributed by atoms with Crippen LogP contribution in [0.4, 0.5) is 0 Å². The standard InChI is InChI=1S/C10H18N2/c1-6-9-7-8(2)12(11-9)10(3,4)5/h7H,6H2,1-5H3. The number of aryl methyl sites for hydroxylation is 2. The van der Waals surface area contributed by atoms with Gasteiger partial charge in [0.2, 0.25) is 0 Å². The summed E-state index contributed by atoms with van der Waals surface area (Å²) < 4.78 is 2.09. The van der Waals surface area contributed by atoms with Crippen molar-refractivity contribution in [1.29, 1.82) is 0 Å². The largest absolute Gasteiger partial charge is 0.264 e. The molecular formula is C10H18N2. The number of aromatic nitrogens is 2. The Morgan fingerprint density at radius 2 is 2.00 bits per heavy atom. The Hall–Kier alpha value is -0.790. The molecule has 0 saturated carbocycles. The first kappa shape index (κ1) is 9.30. The van der Waals surface area contributed by atoms with Gasteiger partial charge in [0.1, 0.15) is 0 Å².